The van der Waals surface area contributed by atoms with Gasteiger partial charge in [0, 0.05) is 5.33 Å². The molecule has 0 radical (unpaired) electrons. The number of aryl methyl sites for hydroxylation is 1. The van der Waals surface area contributed by atoms with Gasteiger partial charge in [-0.05, 0) is 30.5 Å². The number of halogens is 1. The molecule has 2 heteroatoms. The lowest BCUT2D eigenvalue weighted by atomic mass is 10.1. The highest BCUT2D eigenvalue weighted by Crippen LogP contribution is 2.13. The van der Waals surface area contributed by atoms with Crippen LogP contribution in [0.25, 0.3) is 0 Å². The Morgan fingerprint density at radius 3 is 2.57 bits per heavy atom. The first-order valence-electron chi connectivity index (χ1n) is 4.75. The highest BCUT2D eigenvalue weighted by atomic mass is 79.9. The van der Waals surface area contributed by atoms with E-state index < -0.39 is 0 Å². The zero-order valence-electron chi connectivity index (χ0n) is 8.21. The van der Waals surface area contributed by atoms with Gasteiger partial charge in [-0.25, -0.2) is 0 Å². The Labute approximate surface area is 93.9 Å². The van der Waals surface area contributed by atoms with Crippen LogP contribution >= 0.6 is 15.9 Å². The van der Waals surface area contributed by atoms with E-state index in [2.05, 4.69) is 34.6 Å². The molecule has 0 heterocycles. The molecular weight excluding hydrogens is 240 g/mol. The Balaban J connectivity index is 2.46. The SMILES string of the molecule is C=CCOc1ccc(CCCBr)cc1. The summed E-state index contributed by atoms with van der Waals surface area (Å²) in [6.45, 7) is 4.17. The summed E-state index contributed by atoms with van der Waals surface area (Å²) >= 11 is 3.42. The van der Waals surface area contributed by atoms with Crippen LogP contribution in [0, 0.1) is 0 Å². The normalized spacial score (nSPS) is 9.79. The highest BCUT2D eigenvalue weighted by Gasteiger charge is 1.94. The molecule has 0 saturated heterocycles. The number of rotatable bonds is 6. The van der Waals surface area contributed by atoms with Gasteiger partial charge in [-0.1, -0.05) is 40.7 Å². The van der Waals surface area contributed by atoms with Crippen LogP contribution in [0.2, 0.25) is 0 Å². The first kappa shape index (κ1) is 11.3. The van der Waals surface area contributed by atoms with Crippen LogP contribution in [0.4, 0.5) is 0 Å². The minimum absolute atomic E-state index is 0.570. The largest absolute Gasteiger partial charge is 0.490 e. The third-order valence-electron chi connectivity index (χ3n) is 1.89. The van der Waals surface area contributed by atoms with Gasteiger partial charge in [-0.2, -0.15) is 0 Å². The Hall–Kier alpha value is -0.760. The summed E-state index contributed by atoms with van der Waals surface area (Å²) in [6, 6.07) is 8.24. The second-order valence-electron chi connectivity index (χ2n) is 3.04. The van der Waals surface area contributed by atoms with Crippen molar-refractivity contribution >= 4 is 15.9 Å². The van der Waals surface area contributed by atoms with Crippen LogP contribution in [0.15, 0.2) is 36.9 Å². The van der Waals surface area contributed by atoms with Crippen molar-refractivity contribution in [2.45, 2.75) is 12.8 Å². The van der Waals surface area contributed by atoms with Crippen LogP contribution in [0.3, 0.4) is 0 Å². The Morgan fingerprint density at radius 1 is 1.29 bits per heavy atom. The van der Waals surface area contributed by atoms with Crippen LogP contribution in [-0.2, 0) is 6.42 Å². The van der Waals surface area contributed by atoms with E-state index in [0.717, 1.165) is 17.5 Å². The lowest BCUT2D eigenvalue weighted by Gasteiger charge is -2.04. The molecule has 0 N–H and O–H groups in total. The first-order chi connectivity index (χ1) is 6.86. The molecular formula is C12H15BrO. The maximum atomic E-state index is 5.39. The van der Waals surface area contributed by atoms with Crippen molar-refractivity contribution in [2.24, 2.45) is 0 Å². The molecule has 0 aliphatic carbocycles. The van der Waals surface area contributed by atoms with E-state index >= 15 is 0 Å². The molecule has 0 aromatic heterocycles. The van der Waals surface area contributed by atoms with Gasteiger partial charge < -0.3 is 4.74 Å². The molecule has 76 valence electrons. The van der Waals surface area contributed by atoms with Crippen LogP contribution in [0.1, 0.15) is 12.0 Å². The van der Waals surface area contributed by atoms with Gasteiger partial charge in [0.05, 0.1) is 0 Å². The predicted molar refractivity (Wildman–Crippen MR) is 64.2 cm³/mol. The van der Waals surface area contributed by atoms with Gasteiger partial charge in [-0.3, -0.25) is 0 Å². The summed E-state index contributed by atoms with van der Waals surface area (Å²) < 4.78 is 5.39. The predicted octanol–water partition coefficient (Wildman–Crippen LogP) is 3.58. The van der Waals surface area contributed by atoms with Gasteiger partial charge in [0.2, 0.25) is 0 Å². The maximum Gasteiger partial charge on any atom is 0.119 e. The summed E-state index contributed by atoms with van der Waals surface area (Å²) in [6.07, 6.45) is 4.04. The number of benzene rings is 1. The monoisotopic (exact) mass is 254 g/mol. The lowest BCUT2D eigenvalue weighted by Crippen LogP contribution is -1.93. The summed E-state index contributed by atoms with van der Waals surface area (Å²) in [5.74, 6) is 0.910. The van der Waals surface area contributed by atoms with Crippen molar-refractivity contribution in [3.63, 3.8) is 0 Å². The molecule has 0 saturated carbocycles. The molecule has 0 atom stereocenters. The molecule has 0 fully saturated rings. The second kappa shape index (κ2) is 6.66. The van der Waals surface area contributed by atoms with Crippen molar-refractivity contribution in [2.75, 3.05) is 11.9 Å². The Bertz CT molecular complexity index is 266. The van der Waals surface area contributed by atoms with E-state index in [1.54, 1.807) is 6.08 Å². The van der Waals surface area contributed by atoms with Gasteiger partial charge in [0.15, 0.2) is 0 Å². The van der Waals surface area contributed by atoms with Crippen molar-refractivity contribution in [3.05, 3.63) is 42.5 Å². The summed E-state index contributed by atoms with van der Waals surface area (Å²) in [7, 11) is 0. The molecule has 0 unspecified atom stereocenters. The summed E-state index contributed by atoms with van der Waals surface area (Å²) in [5, 5.41) is 1.06. The summed E-state index contributed by atoms with van der Waals surface area (Å²) in [4.78, 5) is 0. The zero-order chi connectivity index (χ0) is 10.2. The number of alkyl halides is 1. The fourth-order valence-electron chi connectivity index (χ4n) is 1.18. The molecule has 0 spiro atoms. The number of ether oxygens (including phenoxy) is 1. The van der Waals surface area contributed by atoms with E-state index in [4.69, 9.17) is 4.74 Å². The van der Waals surface area contributed by atoms with E-state index in [1.807, 2.05) is 12.1 Å². The minimum atomic E-state index is 0.570. The Kier molecular flexibility index (Phi) is 5.38. The lowest BCUT2D eigenvalue weighted by molar-refractivity contribution is 0.363. The van der Waals surface area contributed by atoms with Crippen molar-refractivity contribution in [1.29, 1.82) is 0 Å². The fourth-order valence-corrected chi connectivity index (χ4v) is 1.46. The van der Waals surface area contributed by atoms with E-state index in [0.29, 0.717) is 6.61 Å². The van der Waals surface area contributed by atoms with Gasteiger partial charge in [0.25, 0.3) is 0 Å². The topological polar surface area (TPSA) is 9.23 Å². The molecule has 0 aliphatic heterocycles. The third kappa shape index (κ3) is 3.97. The highest BCUT2D eigenvalue weighted by molar-refractivity contribution is 9.09. The van der Waals surface area contributed by atoms with Crippen LogP contribution in [-0.4, -0.2) is 11.9 Å². The molecule has 14 heavy (non-hydrogen) atoms. The maximum absolute atomic E-state index is 5.39. The van der Waals surface area contributed by atoms with Gasteiger partial charge >= 0.3 is 0 Å². The molecule has 0 aliphatic rings. The third-order valence-corrected chi connectivity index (χ3v) is 2.45. The molecule has 0 bridgehead atoms. The molecule has 1 nitrogen and oxygen atoms in total. The smallest absolute Gasteiger partial charge is 0.119 e. The van der Waals surface area contributed by atoms with E-state index in [9.17, 15) is 0 Å². The van der Waals surface area contributed by atoms with Crippen molar-refractivity contribution in [3.8, 4) is 5.75 Å². The standard InChI is InChI=1S/C12H15BrO/c1-2-10-14-12-7-5-11(6-8-12)4-3-9-13/h2,5-8H,1,3-4,9-10H2. The molecule has 0 amide bonds. The average molecular weight is 255 g/mol. The van der Waals surface area contributed by atoms with Gasteiger partial charge in [-0.15, -0.1) is 0 Å². The van der Waals surface area contributed by atoms with E-state index in [1.165, 1.54) is 12.0 Å². The number of hydrogen-bond acceptors (Lipinski definition) is 1. The minimum Gasteiger partial charge on any atom is -0.490 e. The molecule has 1 rings (SSSR count). The van der Waals surface area contributed by atoms with Crippen LogP contribution < -0.4 is 4.74 Å². The quantitative estimate of drug-likeness (QED) is 0.557. The van der Waals surface area contributed by atoms with Crippen molar-refractivity contribution < 1.29 is 4.74 Å². The van der Waals surface area contributed by atoms with E-state index in [-0.39, 0.29) is 0 Å². The van der Waals surface area contributed by atoms with Crippen molar-refractivity contribution in [1.82, 2.24) is 0 Å². The Morgan fingerprint density at radius 2 is 2.00 bits per heavy atom. The summed E-state index contributed by atoms with van der Waals surface area (Å²) in [5.41, 5.74) is 1.36. The molecule has 1 aromatic rings. The second-order valence-corrected chi connectivity index (χ2v) is 3.83. The fraction of sp³-hybridized carbons (Fsp3) is 0.333. The molecule has 1 aromatic carbocycles. The number of hydrogen-bond donors (Lipinski definition) is 0. The zero-order valence-corrected chi connectivity index (χ0v) is 9.79. The average Bonchev–Trinajstić information content (AvgIpc) is 2.25. The van der Waals surface area contributed by atoms with Gasteiger partial charge in [0.1, 0.15) is 12.4 Å². The first-order valence-corrected chi connectivity index (χ1v) is 5.87. The van der Waals surface area contributed by atoms with Crippen LogP contribution in [0.5, 0.6) is 5.75 Å².